The van der Waals surface area contributed by atoms with Crippen LogP contribution in [0.15, 0.2) is 41.4 Å². The number of halogens is 3. The second kappa shape index (κ2) is 9.39. The normalized spacial score (nSPS) is 12.1. The van der Waals surface area contributed by atoms with Crippen LogP contribution < -0.4 is 10.6 Å². The van der Waals surface area contributed by atoms with Crippen LogP contribution in [0.25, 0.3) is 0 Å². The number of hydrogen-bond acceptors (Lipinski definition) is 3. The fraction of sp³-hybridized carbons (Fsp3) is 0.278. The van der Waals surface area contributed by atoms with Gasteiger partial charge in [0.2, 0.25) is 0 Å². The standard InChI is InChI=1S/C18H20Cl2FN3O2S/c1-22-18(23-9-12-3-5-15(19)8-17(12)20)24-10-14-7-16(21)6-4-13(14)11-27(2,25)26/h3-8H,9-11H2,1-2H3,(H2,22,23,24). The molecule has 0 bridgehead atoms. The summed E-state index contributed by atoms with van der Waals surface area (Å²) in [4.78, 5) is 4.11. The highest BCUT2D eigenvalue weighted by atomic mass is 35.5. The van der Waals surface area contributed by atoms with Gasteiger partial charge in [-0.25, -0.2) is 12.8 Å². The topological polar surface area (TPSA) is 70.6 Å². The van der Waals surface area contributed by atoms with E-state index in [1.54, 1.807) is 19.2 Å². The van der Waals surface area contributed by atoms with Crippen molar-refractivity contribution < 1.29 is 12.8 Å². The first-order valence-electron chi connectivity index (χ1n) is 8.01. The van der Waals surface area contributed by atoms with Crippen molar-refractivity contribution in [2.75, 3.05) is 13.3 Å². The number of hydrogen-bond donors (Lipinski definition) is 2. The lowest BCUT2D eigenvalue weighted by molar-refractivity contribution is 0.599. The Bertz CT molecular complexity index is 950. The summed E-state index contributed by atoms with van der Waals surface area (Å²) in [6.45, 7) is 0.631. The summed E-state index contributed by atoms with van der Waals surface area (Å²) in [6, 6.07) is 9.25. The molecule has 0 unspecified atom stereocenters. The van der Waals surface area contributed by atoms with Crippen molar-refractivity contribution in [3.8, 4) is 0 Å². The van der Waals surface area contributed by atoms with Gasteiger partial charge in [-0.3, -0.25) is 4.99 Å². The average molecular weight is 432 g/mol. The third-order valence-electron chi connectivity index (χ3n) is 3.72. The quantitative estimate of drug-likeness (QED) is 0.541. The van der Waals surface area contributed by atoms with Crippen LogP contribution in [0.3, 0.4) is 0 Å². The van der Waals surface area contributed by atoms with Gasteiger partial charge in [-0.1, -0.05) is 35.3 Å². The lowest BCUT2D eigenvalue weighted by Crippen LogP contribution is -2.36. The summed E-state index contributed by atoms with van der Waals surface area (Å²) in [6.07, 6.45) is 1.14. The maximum Gasteiger partial charge on any atom is 0.191 e. The van der Waals surface area contributed by atoms with Crippen LogP contribution >= 0.6 is 23.2 Å². The van der Waals surface area contributed by atoms with Crippen LogP contribution in [0.1, 0.15) is 16.7 Å². The Morgan fingerprint density at radius 3 is 2.26 bits per heavy atom. The van der Waals surface area contributed by atoms with Gasteiger partial charge in [0.25, 0.3) is 0 Å². The van der Waals surface area contributed by atoms with Gasteiger partial charge < -0.3 is 10.6 Å². The Balaban J connectivity index is 2.04. The SMILES string of the molecule is CN=C(NCc1ccc(Cl)cc1Cl)NCc1cc(F)ccc1CS(C)(=O)=O. The molecule has 0 aliphatic rings. The highest BCUT2D eigenvalue weighted by Gasteiger charge is 2.11. The molecule has 2 N–H and O–H groups in total. The molecule has 27 heavy (non-hydrogen) atoms. The second-order valence-electron chi connectivity index (χ2n) is 6.00. The number of nitrogens with zero attached hydrogens (tertiary/aromatic N) is 1. The highest BCUT2D eigenvalue weighted by molar-refractivity contribution is 7.89. The van der Waals surface area contributed by atoms with E-state index in [2.05, 4.69) is 15.6 Å². The van der Waals surface area contributed by atoms with Crippen LogP contribution in [0.4, 0.5) is 4.39 Å². The summed E-state index contributed by atoms with van der Waals surface area (Å²) in [7, 11) is -1.63. The van der Waals surface area contributed by atoms with E-state index in [-0.39, 0.29) is 12.3 Å². The molecule has 0 radical (unpaired) electrons. The van der Waals surface area contributed by atoms with Crippen molar-refractivity contribution in [1.29, 1.82) is 0 Å². The fourth-order valence-corrected chi connectivity index (χ4v) is 3.75. The Morgan fingerprint density at radius 1 is 1.04 bits per heavy atom. The van der Waals surface area contributed by atoms with Crippen molar-refractivity contribution in [2.24, 2.45) is 4.99 Å². The molecule has 0 atom stereocenters. The molecule has 2 aromatic rings. The first-order chi connectivity index (χ1) is 12.7. The predicted molar refractivity (Wildman–Crippen MR) is 108 cm³/mol. The molecular weight excluding hydrogens is 412 g/mol. The molecule has 2 rings (SSSR count). The zero-order valence-corrected chi connectivity index (χ0v) is 17.2. The van der Waals surface area contributed by atoms with Crippen LogP contribution in [-0.2, 0) is 28.7 Å². The third-order valence-corrected chi connectivity index (χ3v) is 5.14. The Kier molecular flexibility index (Phi) is 7.47. The monoisotopic (exact) mass is 431 g/mol. The number of benzene rings is 2. The van der Waals surface area contributed by atoms with Crippen molar-refractivity contribution in [2.45, 2.75) is 18.8 Å². The molecule has 5 nitrogen and oxygen atoms in total. The average Bonchev–Trinajstić information content (AvgIpc) is 2.57. The molecule has 0 saturated heterocycles. The Morgan fingerprint density at radius 2 is 1.67 bits per heavy atom. The molecule has 0 fully saturated rings. The molecule has 0 aromatic heterocycles. The molecule has 0 saturated carbocycles. The number of nitrogens with one attached hydrogen (secondary N) is 2. The molecule has 2 aromatic carbocycles. The van der Waals surface area contributed by atoms with Gasteiger partial charge in [0.05, 0.1) is 5.75 Å². The van der Waals surface area contributed by atoms with E-state index in [4.69, 9.17) is 23.2 Å². The molecule has 0 heterocycles. The molecule has 9 heteroatoms. The lowest BCUT2D eigenvalue weighted by Gasteiger charge is -2.15. The van der Waals surface area contributed by atoms with Crippen molar-refractivity contribution >= 4 is 39.0 Å². The van der Waals surface area contributed by atoms with Gasteiger partial charge >= 0.3 is 0 Å². The van der Waals surface area contributed by atoms with Gasteiger partial charge in [-0.05, 0) is 41.0 Å². The van der Waals surface area contributed by atoms with Gasteiger partial charge in [-0.2, -0.15) is 0 Å². The smallest absolute Gasteiger partial charge is 0.191 e. The molecule has 146 valence electrons. The van der Waals surface area contributed by atoms with E-state index in [1.807, 2.05) is 6.07 Å². The second-order valence-corrected chi connectivity index (χ2v) is 8.98. The zero-order chi connectivity index (χ0) is 20.0. The Labute approximate surface area is 168 Å². The number of rotatable bonds is 6. The van der Waals surface area contributed by atoms with Crippen LogP contribution in [0.2, 0.25) is 10.0 Å². The maximum atomic E-state index is 13.6. The maximum absolute atomic E-state index is 13.6. The van der Waals surface area contributed by atoms with Gasteiger partial charge in [0.15, 0.2) is 15.8 Å². The van der Waals surface area contributed by atoms with Crippen LogP contribution in [0.5, 0.6) is 0 Å². The van der Waals surface area contributed by atoms with E-state index >= 15 is 0 Å². The summed E-state index contributed by atoms with van der Waals surface area (Å²) >= 11 is 12.0. The van der Waals surface area contributed by atoms with E-state index < -0.39 is 15.7 Å². The van der Waals surface area contributed by atoms with Gasteiger partial charge in [0, 0.05) is 36.4 Å². The van der Waals surface area contributed by atoms with Crippen molar-refractivity contribution in [3.63, 3.8) is 0 Å². The number of aliphatic imine (C=N–C) groups is 1. The van der Waals surface area contributed by atoms with Gasteiger partial charge in [0.1, 0.15) is 5.82 Å². The minimum atomic E-state index is -3.23. The number of sulfone groups is 1. The van der Waals surface area contributed by atoms with Crippen molar-refractivity contribution in [3.05, 3.63) is 69.0 Å². The van der Waals surface area contributed by atoms with Crippen LogP contribution in [0, 0.1) is 5.82 Å². The largest absolute Gasteiger partial charge is 0.352 e. The molecule has 0 aliphatic carbocycles. The first kappa shape index (κ1) is 21.5. The molecule has 0 spiro atoms. The molecule has 0 amide bonds. The van der Waals surface area contributed by atoms with Crippen LogP contribution in [-0.4, -0.2) is 27.7 Å². The molecule has 0 aliphatic heterocycles. The molecular formula is C18H20Cl2FN3O2S. The first-order valence-corrected chi connectivity index (χ1v) is 10.8. The lowest BCUT2D eigenvalue weighted by atomic mass is 10.1. The third kappa shape index (κ3) is 7.01. The summed E-state index contributed by atoms with van der Waals surface area (Å²) < 4.78 is 36.7. The van der Waals surface area contributed by atoms with Crippen molar-refractivity contribution in [1.82, 2.24) is 10.6 Å². The summed E-state index contributed by atoms with van der Waals surface area (Å²) in [5.74, 6) is -0.119. The summed E-state index contributed by atoms with van der Waals surface area (Å²) in [5, 5.41) is 7.23. The van der Waals surface area contributed by atoms with Gasteiger partial charge in [-0.15, -0.1) is 0 Å². The minimum Gasteiger partial charge on any atom is -0.352 e. The highest BCUT2D eigenvalue weighted by Crippen LogP contribution is 2.20. The van der Waals surface area contributed by atoms with E-state index in [0.717, 1.165) is 11.8 Å². The minimum absolute atomic E-state index is 0.156. The van der Waals surface area contributed by atoms with E-state index in [1.165, 1.54) is 18.2 Å². The number of guanidine groups is 1. The zero-order valence-electron chi connectivity index (χ0n) is 14.9. The summed E-state index contributed by atoms with van der Waals surface area (Å²) in [5.41, 5.74) is 1.93. The van der Waals surface area contributed by atoms with E-state index in [0.29, 0.717) is 33.7 Å². The predicted octanol–water partition coefficient (Wildman–Crippen LogP) is 3.54. The fourth-order valence-electron chi connectivity index (χ4n) is 2.43. The Hall–Kier alpha value is -1.83. The van der Waals surface area contributed by atoms with E-state index in [9.17, 15) is 12.8 Å².